The molecule has 0 radical (unpaired) electrons. The molecule has 2 heterocycles. The summed E-state index contributed by atoms with van der Waals surface area (Å²) in [7, 11) is 0. The lowest BCUT2D eigenvalue weighted by Crippen LogP contribution is -2.32. The molecule has 0 bridgehead atoms. The highest BCUT2D eigenvalue weighted by Crippen LogP contribution is 2.37. The molecule has 0 N–H and O–H groups in total. The quantitative estimate of drug-likeness (QED) is 0.728. The van der Waals surface area contributed by atoms with Crippen molar-refractivity contribution in [1.82, 2.24) is 4.98 Å². The van der Waals surface area contributed by atoms with Gasteiger partial charge in [-0.25, -0.2) is 18.7 Å². The number of alkyl halides is 2. The van der Waals surface area contributed by atoms with Gasteiger partial charge in [-0.05, 0) is 38.1 Å². The largest absolute Gasteiger partial charge is 0.272 e. The summed E-state index contributed by atoms with van der Waals surface area (Å²) >= 11 is 5.86. The summed E-state index contributed by atoms with van der Waals surface area (Å²) in [5.74, 6) is -4.14. The fourth-order valence-corrected chi connectivity index (χ4v) is 2.84. The molecule has 0 saturated heterocycles. The molecule has 1 aromatic carbocycles. The maximum absolute atomic E-state index is 14.0. The van der Waals surface area contributed by atoms with E-state index in [2.05, 4.69) is 4.98 Å². The predicted molar refractivity (Wildman–Crippen MR) is 95.1 cm³/mol. The Balaban J connectivity index is 2.17. The van der Waals surface area contributed by atoms with Crippen molar-refractivity contribution in [2.45, 2.75) is 26.7 Å². The van der Waals surface area contributed by atoms with Crippen molar-refractivity contribution in [3.63, 3.8) is 0 Å². The van der Waals surface area contributed by atoms with Gasteiger partial charge in [-0.2, -0.15) is 0 Å². The van der Waals surface area contributed by atoms with E-state index in [-0.39, 0.29) is 17.1 Å². The van der Waals surface area contributed by atoms with Crippen molar-refractivity contribution in [3.8, 4) is 11.3 Å². The van der Waals surface area contributed by atoms with E-state index < -0.39 is 17.7 Å². The summed E-state index contributed by atoms with van der Waals surface area (Å²) < 4.78 is 28.1. The van der Waals surface area contributed by atoms with Crippen molar-refractivity contribution in [3.05, 3.63) is 58.1 Å². The predicted octanol–water partition coefficient (Wildman–Crippen LogP) is 4.72. The summed E-state index contributed by atoms with van der Waals surface area (Å²) in [6.45, 7) is 3.86. The van der Waals surface area contributed by atoms with Gasteiger partial charge in [0.25, 0.3) is 17.7 Å². The molecule has 134 valence electrons. The van der Waals surface area contributed by atoms with E-state index in [0.29, 0.717) is 21.7 Å². The molecule has 26 heavy (non-hydrogen) atoms. The molecule has 1 aliphatic rings. The van der Waals surface area contributed by atoms with Crippen molar-refractivity contribution in [2.24, 2.45) is 0 Å². The first-order chi connectivity index (χ1) is 12.1. The average Bonchev–Trinajstić information content (AvgIpc) is 2.78. The monoisotopic (exact) mass is 376 g/mol. The van der Waals surface area contributed by atoms with Crippen LogP contribution in [0.15, 0.2) is 47.5 Å². The Hall–Kier alpha value is -2.60. The third-order valence-corrected chi connectivity index (χ3v) is 4.56. The van der Waals surface area contributed by atoms with Gasteiger partial charge < -0.3 is 0 Å². The minimum atomic E-state index is -3.15. The van der Waals surface area contributed by atoms with Crippen molar-refractivity contribution in [2.75, 3.05) is 4.90 Å². The first-order valence-corrected chi connectivity index (χ1v) is 8.20. The highest BCUT2D eigenvalue weighted by atomic mass is 35.5. The molecule has 0 atom stereocenters. The molecular weight excluding hydrogens is 362 g/mol. The second-order valence-electron chi connectivity index (χ2n) is 6.16. The van der Waals surface area contributed by atoms with Gasteiger partial charge in [0.15, 0.2) is 0 Å². The molecule has 0 spiro atoms. The summed E-state index contributed by atoms with van der Waals surface area (Å²) in [5, 5.41) is 0.454. The number of nitrogens with zero attached hydrogens (tertiary/aromatic N) is 2. The number of rotatable bonds is 3. The van der Waals surface area contributed by atoms with Crippen molar-refractivity contribution >= 4 is 29.2 Å². The van der Waals surface area contributed by atoms with Crippen LogP contribution in [0.2, 0.25) is 5.02 Å². The molecule has 7 heteroatoms. The first-order valence-electron chi connectivity index (χ1n) is 7.83. The lowest BCUT2D eigenvalue weighted by Gasteiger charge is -2.19. The minimum Gasteiger partial charge on any atom is -0.269 e. The van der Waals surface area contributed by atoms with Crippen LogP contribution in [0.5, 0.6) is 0 Å². The van der Waals surface area contributed by atoms with Gasteiger partial charge in [-0.1, -0.05) is 23.7 Å². The van der Waals surface area contributed by atoms with E-state index in [4.69, 9.17) is 11.6 Å². The fourth-order valence-electron chi connectivity index (χ4n) is 2.71. The highest BCUT2D eigenvalue weighted by Gasteiger charge is 2.37. The van der Waals surface area contributed by atoms with Crippen LogP contribution in [0.25, 0.3) is 11.3 Å². The summed E-state index contributed by atoms with van der Waals surface area (Å²) in [4.78, 5) is 29.8. The van der Waals surface area contributed by atoms with E-state index in [0.717, 1.165) is 11.8 Å². The second-order valence-corrected chi connectivity index (χ2v) is 6.59. The molecule has 3 rings (SSSR count). The third-order valence-electron chi connectivity index (χ3n) is 4.31. The van der Waals surface area contributed by atoms with Crippen LogP contribution < -0.4 is 4.90 Å². The number of pyridine rings is 1. The molecule has 1 aromatic heterocycles. The lowest BCUT2D eigenvalue weighted by atomic mass is 10.0. The number of halogens is 3. The Morgan fingerprint density at radius 3 is 2.00 bits per heavy atom. The maximum atomic E-state index is 14.0. The zero-order chi connectivity index (χ0) is 19.2. The van der Waals surface area contributed by atoms with Crippen LogP contribution in [0.3, 0.4) is 0 Å². The SMILES string of the molecule is CC1=C(C)C(=O)N(c2ccc(C(C)(F)F)c(-c3ccc(Cl)cc3)n2)C1=O. The van der Waals surface area contributed by atoms with Crippen LogP contribution in [-0.4, -0.2) is 16.8 Å². The Labute approximate surface area is 154 Å². The maximum Gasteiger partial charge on any atom is 0.272 e. The number of aromatic nitrogens is 1. The normalized spacial score (nSPS) is 15.2. The molecule has 0 fully saturated rings. The topological polar surface area (TPSA) is 50.3 Å². The summed E-state index contributed by atoms with van der Waals surface area (Å²) in [6, 6.07) is 8.69. The van der Waals surface area contributed by atoms with Crippen LogP contribution in [-0.2, 0) is 15.5 Å². The zero-order valence-corrected chi connectivity index (χ0v) is 15.1. The minimum absolute atomic E-state index is 0.00512. The summed E-state index contributed by atoms with van der Waals surface area (Å²) in [6.07, 6.45) is 0. The third kappa shape index (κ3) is 3.01. The summed E-state index contributed by atoms with van der Waals surface area (Å²) in [5.41, 5.74) is 0.733. The zero-order valence-electron chi connectivity index (χ0n) is 14.3. The van der Waals surface area contributed by atoms with Gasteiger partial charge in [0.1, 0.15) is 5.82 Å². The Kier molecular flexibility index (Phi) is 4.40. The molecule has 4 nitrogen and oxygen atoms in total. The Bertz CT molecular complexity index is 923. The number of amides is 2. The Morgan fingerprint density at radius 2 is 1.50 bits per heavy atom. The van der Waals surface area contributed by atoms with E-state index in [9.17, 15) is 18.4 Å². The van der Waals surface area contributed by atoms with E-state index in [1.54, 1.807) is 38.1 Å². The number of hydrogen-bond donors (Lipinski definition) is 0. The van der Waals surface area contributed by atoms with Gasteiger partial charge in [0.2, 0.25) is 0 Å². The van der Waals surface area contributed by atoms with Crippen molar-refractivity contribution < 1.29 is 18.4 Å². The number of imide groups is 1. The lowest BCUT2D eigenvalue weighted by molar-refractivity contribution is -0.120. The van der Waals surface area contributed by atoms with Crippen LogP contribution in [0.4, 0.5) is 14.6 Å². The number of anilines is 1. The second kappa shape index (κ2) is 6.29. The number of hydrogen-bond acceptors (Lipinski definition) is 3. The number of benzene rings is 1. The van der Waals surface area contributed by atoms with Gasteiger partial charge in [0.05, 0.1) is 5.69 Å². The first kappa shape index (κ1) is 18.2. The average molecular weight is 377 g/mol. The van der Waals surface area contributed by atoms with Crippen molar-refractivity contribution in [1.29, 1.82) is 0 Å². The Morgan fingerprint density at radius 1 is 0.962 bits per heavy atom. The molecule has 2 amide bonds. The van der Waals surface area contributed by atoms with Crippen LogP contribution in [0.1, 0.15) is 26.3 Å². The van der Waals surface area contributed by atoms with Crippen LogP contribution >= 0.6 is 11.6 Å². The fraction of sp³-hybridized carbons (Fsp3) is 0.211. The smallest absolute Gasteiger partial charge is 0.269 e. The number of carbonyl (C=O) groups is 2. The van der Waals surface area contributed by atoms with E-state index >= 15 is 0 Å². The number of carbonyl (C=O) groups excluding carboxylic acids is 2. The van der Waals surface area contributed by atoms with Gasteiger partial charge in [-0.3, -0.25) is 9.59 Å². The molecule has 0 unspecified atom stereocenters. The van der Waals surface area contributed by atoms with Crippen LogP contribution in [0, 0.1) is 0 Å². The molecule has 1 aliphatic heterocycles. The highest BCUT2D eigenvalue weighted by molar-refractivity contribution is 6.32. The molecule has 2 aromatic rings. The van der Waals surface area contributed by atoms with Gasteiger partial charge in [0, 0.05) is 34.2 Å². The van der Waals surface area contributed by atoms with Gasteiger partial charge in [-0.15, -0.1) is 0 Å². The van der Waals surface area contributed by atoms with E-state index in [1.807, 2.05) is 0 Å². The standard InChI is InChI=1S/C19H15ClF2N2O2/c1-10-11(2)18(26)24(17(10)25)15-9-8-14(19(3,21)22)16(23-15)12-4-6-13(20)7-5-12/h4-9H,1-3H3. The molecule has 0 saturated carbocycles. The van der Waals surface area contributed by atoms with Gasteiger partial charge >= 0.3 is 0 Å². The molecular formula is C19H15ClF2N2O2. The molecule has 0 aliphatic carbocycles. The van der Waals surface area contributed by atoms with E-state index in [1.165, 1.54) is 12.1 Å².